The van der Waals surface area contributed by atoms with Crippen LogP contribution in [0.15, 0.2) is 30.3 Å². The van der Waals surface area contributed by atoms with E-state index in [9.17, 15) is 14.7 Å². The Hall–Kier alpha value is -2.09. The van der Waals surface area contributed by atoms with Crippen molar-refractivity contribution in [3.05, 3.63) is 45.1 Å². The van der Waals surface area contributed by atoms with Crippen LogP contribution >= 0.6 is 22.9 Å². The van der Waals surface area contributed by atoms with E-state index in [1.54, 1.807) is 29.2 Å². The summed E-state index contributed by atoms with van der Waals surface area (Å²) in [5, 5.41) is 10.6. The van der Waals surface area contributed by atoms with Crippen LogP contribution in [0.5, 0.6) is 5.75 Å². The Bertz CT molecular complexity index is 985. The molecule has 0 atom stereocenters. The van der Waals surface area contributed by atoms with Crippen LogP contribution in [0.2, 0.25) is 4.34 Å². The fourth-order valence-electron chi connectivity index (χ4n) is 4.65. The fourth-order valence-corrected chi connectivity index (χ4v) is 5.66. The van der Waals surface area contributed by atoms with E-state index in [-0.39, 0.29) is 30.7 Å². The Kier molecular flexibility index (Phi) is 7.08. The van der Waals surface area contributed by atoms with Gasteiger partial charge in [-0.25, -0.2) is 0 Å². The highest BCUT2D eigenvalue weighted by Gasteiger charge is 2.32. The molecule has 1 N–H and O–H groups in total. The summed E-state index contributed by atoms with van der Waals surface area (Å²) in [5.74, 6) is 0.319. The van der Waals surface area contributed by atoms with E-state index < -0.39 is 0 Å². The smallest absolute Gasteiger partial charge is 0.264 e. The molecule has 1 aromatic heterocycles. The number of phenols is 1. The minimum absolute atomic E-state index is 0.0196. The molecule has 6 nitrogen and oxygen atoms in total. The number of likely N-dealkylation sites (tertiary alicyclic amines) is 1. The number of hydrogen-bond donors (Lipinski definition) is 1. The van der Waals surface area contributed by atoms with Crippen LogP contribution in [-0.4, -0.2) is 58.9 Å². The highest BCUT2D eigenvalue weighted by atomic mass is 35.5. The van der Waals surface area contributed by atoms with Crippen LogP contribution in [0.3, 0.4) is 0 Å². The second-order valence-electron chi connectivity index (χ2n) is 8.95. The number of halogens is 1. The number of aromatic hydroxyl groups is 1. The van der Waals surface area contributed by atoms with Crippen molar-refractivity contribution in [1.82, 2.24) is 9.80 Å². The van der Waals surface area contributed by atoms with Gasteiger partial charge in [-0.15, -0.1) is 11.3 Å². The van der Waals surface area contributed by atoms with Crippen LogP contribution < -0.4 is 4.90 Å². The number of rotatable bonds is 5. The average molecular weight is 476 g/mol. The molecule has 3 heterocycles. The summed E-state index contributed by atoms with van der Waals surface area (Å²) in [5.41, 5.74) is 1.32. The van der Waals surface area contributed by atoms with Gasteiger partial charge in [0.15, 0.2) is 0 Å². The number of nitrogens with zero attached hydrogens (tertiary/aromatic N) is 3. The molecule has 2 aliphatic heterocycles. The van der Waals surface area contributed by atoms with Gasteiger partial charge in [0.25, 0.3) is 5.91 Å². The number of benzene rings is 1. The summed E-state index contributed by atoms with van der Waals surface area (Å²) in [4.78, 5) is 32.6. The largest absolute Gasteiger partial charge is 0.508 e. The molecule has 0 aliphatic carbocycles. The van der Waals surface area contributed by atoms with E-state index >= 15 is 0 Å². The van der Waals surface area contributed by atoms with Gasteiger partial charge in [-0.05, 0) is 76.4 Å². The maximum Gasteiger partial charge on any atom is 0.264 e. The molecule has 2 aliphatic rings. The number of carbonyl (C=O) groups excluding carboxylic acids is 2. The van der Waals surface area contributed by atoms with Crippen LogP contribution in [0.25, 0.3) is 0 Å². The third kappa shape index (κ3) is 4.95. The highest BCUT2D eigenvalue weighted by molar-refractivity contribution is 7.17. The minimum Gasteiger partial charge on any atom is -0.508 e. The van der Waals surface area contributed by atoms with Crippen LogP contribution in [0.4, 0.5) is 5.69 Å². The number of thiophene rings is 1. The monoisotopic (exact) mass is 475 g/mol. The van der Waals surface area contributed by atoms with Crippen molar-refractivity contribution in [2.45, 2.75) is 45.7 Å². The lowest BCUT2D eigenvalue weighted by molar-refractivity contribution is -0.119. The van der Waals surface area contributed by atoms with Crippen LogP contribution in [0, 0.1) is 5.92 Å². The summed E-state index contributed by atoms with van der Waals surface area (Å²) in [6.07, 6.45) is 3.19. The molecular weight excluding hydrogens is 446 g/mol. The number of carbonyl (C=O) groups is 2. The molecule has 1 fully saturated rings. The SMILES string of the molecule is CC(C)N1CCC(CCN2C(=O)CN(C(=O)c3ccc(Cl)s3)Cc3c(O)cccc32)CC1. The summed E-state index contributed by atoms with van der Waals surface area (Å²) in [7, 11) is 0. The molecule has 8 heteroatoms. The average Bonchev–Trinajstić information content (AvgIpc) is 3.14. The van der Waals surface area contributed by atoms with Crippen molar-refractivity contribution in [2.75, 3.05) is 31.1 Å². The number of hydrogen-bond acceptors (Lipinski definition) is 5. The zero-order valence-electron chi connectivity index (χ0n) is 18.6. The lowest BCUT2D eigenvalue weighted by atomic mass is 9.92. The Morgan fingerprint density at radius 1 is 1.19 bits per heavy atom. The van der Waals surface area contributed by atoms with Crippen molar-refractivity contribution in [1.29, 1.82) is 0 Å². The second kappa shape index (κ2) is 9.81. The summed E-state index contributed by atoms with van der Waals surface area (Å²) in [6, 6.07) is 9.16. The van der Waals surface area contributed by atoms with Gasteiger partial charge in [0.2, 0.25) is 5.91 Å². The lowest BCUT2D eigenvalue weighted by Gasteiger charge is -2.35. The molecule has 0 spiro atoms. The van der Waals surface area contributed by atoms with E-state index in [0.717, 1.165) is 32.4 Å². The minimum atomic E-state index is -0.243. The quantitative estimate of drug-likeness (QED) is 0.686. The molecule has 0 bridgehead atoms. The van der Waals surface area contributed by atoms with Gasteiger partial charge in [-0.3, -0.25) is 9.59 Å². The van der Waals surface area contributed by atoms with E-state index in [0.29, 0.717) is 39.0 Å². The number of piperidine rings is 1. The molecule has 4 rings (SSSR count). The van der Waals surface area contributed by atoms with Crippen molar-refractivity contribution in [2.24, 2.45) is 5.92 Å². The maximum atomic E-state index is 13.3. The van der Waals surface area contributed by atoms with E-state index in [1.165, 1.54) is 16.2 Å². The summed E-state index contributed by atoms with van der Waals surface area (Å²) in [6.45, 7) is 7.42. The first-order chi connectivity index (χ1) is 15.3. The second-order valence-corrected chi connectivity index (χ2v) is 10.7. The van der Waals surface area contributed by atoms with E-state index in [4.69, 9.17) is 11.6 Å². The number of phenolic OH excluding ortho intramolecular Hbond substituents is 1. The first kappa shape index (κ1) is 23.1. The third-order valence-corrected chi connectivity index (χ3v) is 7.82. The molecule has 0 saturated carbocycles. The Labute approximate surface area is 198 Å². The van der Waals surface area contributed by atoms with Gasteiger partial charge in [0.05, 0.1) is 21.4 Å². The van der Waals surface area contributed by atoms with Gasteiger partial charge in [-0.2, -0.15) is 0 Å². The Morgan fingerprint density at radius 2 is 1.94 bits per heavy atom. The zero-order valence-corrected chi connectivity index (χ0v) is 20.2. The first-order valence-corrected chi connectivity index (χ1v) is 12.4. The van der Waals surface area contributed by atoms with E-state index in [2.05, 4.69) is 18.7 Å². The highest BCUT2D eigenvalue weighted by Crippen LogP contribution is 2.34. The number of amides is 2. The Balaban J connectivity index is 1.51. The van der Waals surface area contributed by atoms with Crippen LogP contribution in [-0.2, 0) is 11.3 Å². The number of anilines is 1. The molecule has 2 aromatic rings. The molecular formula is C24H30ClN3O3S. The topological polar surface area (TPSA) is 64.1 Å². The third-order valence-electron chi connectivity index (χ3n) is 6.61. The molecule has 0 radical (unpaired) electrons. The van der Waals surface area contributed by atoms with Crippen molar-refractivity contribution in [3.63, 3.8) is 0 Å². The van der Waals surface area contributed by atoms with Crippen LogP contribution in [0.1, 0.15) is 48.3 Å². The predicted molar refractivity (Wildman–Crippen MR) is 129 cm³/mol. The lowest BCUT2D eigenvalue weighted by Crippen LogP contribution is -2.42. The zero-order chi connectivity index (χ0) is 22.8. The number of fused-ring (bicyclic) bond motifs is 1. The maximum absolute atomic E-state index is 13.3. The van der Waals surface area contributed by atoms with Gasteiger partial charge < -0.3 is 19.8 Å². The van der Waals surface area contributed by atoms with Gasteiger partial charge in [-0.1, -0.05) is 17.7 Å². The summed E-state index contributed by atoms with van der Waals surface area (Å²) >= 11 is 7.20. The fraction of sp³-hybridized carbons (Fsp3) is 0.500. The van der Waals surface area contributed by atoms with Gasteiger partial charge in [0, 0.05) is 18.2 Å². The van der Waals surface area contributed by atoms with Gasteiger partial charge in [0.1, 0.15) is 12.3 Å². The molecule has 172 valence electrons. The Morgan fingerprint density at radius 3 is 2.59 bits per heavy atom. The molecule has 1 aromatic carbocycles. The standard InChI is InChI=1S/C24H30ClN3O3S/c1-16(2)26-11-8-17(9-12-26)10-13-28-19-4-3-5-20(29)18(19)14-27(15-23(28)30)24(31)21-6-7-22(25)32-21/h3-7,16-17,29H,8-15H2,1-2H3. The van der Waals surface area contributed by atoms with E-state index in [1.807, 2.05) is 6.07 Å². The molecule has 32 heavy (non-hydrogen) atoms. The molecule has 1 saturated heterocycles. The van der Waals surface area contributed by atoms with Gasteiger partial charge >= 0.3 is 0 Å². The van der Waals surface area contributed by atoms with Crippen molar-refractivity contribution < 1.29 is 14.7 Å². The first-order valence-electron chi connectivity index (χ1n) is 11.2. The predicted octanol–water partition coefficient (Wildman–Crippen LogP) is 4.61. The molecule has 2 amide bonds. The summed E-state index contributed by atoms with van der Waals surface area (Å²) < 4.78 is 0.530. The van der Waals surface area contributed by atoms with Crippen molar-refractivity contribution in [3.8, 4) is 5.75 Å². The molecule has 0 unspecified atom stereocenters. The normalized spacial score (nSPS) is 18.2. The van der Waals surface area contributed by atoms with Crippen molar-refractivity contribution >= 4 is 40.4 Å².